The zero-order chi connectivity index (χ0) is 35.8. The van der Waals surface area contributed by atoms with Crippen LogP contribution in [-0.4, -0.2) is 71.3 Å². The van der Waals surface area contributed by atoms with Gasteiger partial charge in [-0.15, -0.1) is 0 Å². The van der Waals surface area contributed by atoms with Gasteiger partial charge in [-0.25, -0.2) is 14.4 Å². The minimum Gasteiger partial charge on any atom is -0.460 e. The highest BCUT2D eigenvalue weighted by Gasteiger charge is 2.31. The fourth-order valence-electron chi connectivity index (χ4n) is 4.37. The van der Waals surface area contributed by atoms with E-state index in [1.165, 1.54) is 5.56 Å². The number of benzene rings is 1. The molecule has 0 saturated carbocycles. The first-order chi connectivity index (χ1) is 21.6. The maximum absolute atomic E-state index is 13.1. The van der Waals surface area contributed by atoms with Crippen molar-refractivity contribution in [3.63, 3.8) is 0 Å². The largest absolute Gasteiger partial charge is 0.460 e. The van der Waals surface area contributed by atoms with Crippen molar-refractivity contribution in [3.05, 3.63) is 35.9 Å². The highest BCUT2D eigenvalue weighted by atomic mass is 16.6. The Labute approximate surface area is 280 Å². The summed E-state index contributed by atoms with van der Waals surface area (Å²) in [7, 11) is 0. The van der Waals surface area contributed by atoms with Gasteiger partial charge in [0.2, 0.25) is 5.91 Å². The number of urea groups is 1. The third kappa shape index (κ3) is 20.2. The first-order valence-corrected chi connectivity index (χ1v) is 16.5. The van der Waals surface area contributed by atoms with Crippen molar-refractivity contribution in [1.29, 1.82) is 0 Å². The fourth-order valence-corrected chi connectivity index (χ4v) is 4.37. The molecular weight excluding hydrogens is 604 g/mol. The van der Waals surface area contributed by atoms with E-state index in [9.17, 15) is 24.0 Å². The van der Waals surface area contributed by atoms with Gasteiger partial charge < -0.3 is 35.9 Å². The van der Waals surface area contributed by atoms with Crippen LogP contribution in [0.3, 0.4) is 0 Å². The van der Waals surface area contributed by atoms with Gasteiger partial charge in [0.05, 0.1) is 6.04 Å². The van der Waals surface area contributed by atoms with Crippen molar-refractivity contribution < 1.29 is 38.2 Å². The highest BCUT2D eigenvalue weighted by Crippen LogP contribution is 2.15. The Balaban J connectivity index is 2.74. The molecule has 1 aromatic rings. The third-order valence-electron chi connectivity index (χ3n) is 6.43. The van der Waals surface area contributed by atoms with Gasteiger partial charge in [0.1, 0.15) is 28.9 Å². The van der Waals surface area contributed by atoms with Crippen LogP contribution >= 0.6 is 0 Å². The number of hydrogen-bond acceptors (Lipinski definition) is 9. The van der Waals surface area contributed by atoms with Crippen LogP contribution in [0.15, 0.2) is 30.3 Å². The first-order valence-electron chi connectivity index (χ1n) is 16.5. The van der Waals surface area contributed by atoms with E-state index < -0.39 is 58.9 Å². The molecule has 0 fully saturated rings. The smallest absolute Gasteiger partial charge is 0.329 e. The van der Waals surface area contributed by atoms with Crippen molar-refractivity contribution in [1.82, 2.24) is 16.0 Å². The number of nitrogens with one attached hydrogen (secondary N) is 3. The monoisotopic (exact) mass is 662 g/mol. The minimum absolute atomic E-state index is 0.0670. The zero-order valence-corrected chi connectivity index (χ0v) is 29.8. The third-order valence-corrected chi connectivity index (χ3v) is 6.43. The zero-order valence-electron chi connectivity index (χ0n) is 29.8. The number of ether oxygens (including phenoxy) is 3. The number of carbonyl (C=O) groups is 5. The molecule has 12 heteroatoms. The number of unbranched alkanes of at least 4 members (excludes halogenated alkanes) is 1. The van der Waals surface area contributed by atoms with E-state index >= 15 is 0 Å². The summed E-state index contributed by atoms with van der Waals surface area (Å²) < 4.78 is 16.3. The molecule has 0 aliphatic carbocycles. The molecule has 0 spiro atoms. The van der Waals surface area contributed by atoms with Crippen LogP contribution in [0, 0.1) is 0 Å². The van der Waals surface area contributed by atoms with E-state index in [4.69, 9.17) is 19.9 Å². The second-order valence-electron chi connectivity index (χ2n) is 14.7. The van der Waals surface area contributed by atoms with E-state index in [2.05, 4.69) is 16.0 Å². The summed E-state index contributed by atoms with van der Waals surface area (Å²) in [5.41, 5.74) is 4.93. The molecule has 0 saturated heterocycles. The fraction of sp³-hybridized carbons (Fsp3) is 0.686. The summed E-state index contributed by atoms with van der Waals surface area (Å²) >= 11 is 0. The van der Waals surface area contributed by atoms with E-state index in [0.29, 0.717) is 25.8 Å². The summed E-state index contributed by atoms with van der Waals surface area (Å²) in [6, 6.07) is 6.38. The molecule has 1 rings (SSSR count). The maximum atomic E-state index is 13.1. The van der Waals surface area contributed by atoms with Crippen molar-refractivity contribution in [2.24, 2.45) is 5.73 Å². The SMILES string of the molecule is CC(C)(C)OC(=O)CC[C@H](NC(=O)N[C@@H](CCCCNC(=O)[C@@H](N)CCCc1ccccc1)C(=O)OC(C)(C)C)C(=O)OC(C)(C)C. The van der Waals surface area contributed by atoms with Gasteiger partial charge in [-0.05, 0) is 113 Å². The molecule has 266 valence electrons. The number of esters is 3. The molecule has 0 aliphatic rings. The number of carbonyl (C=O) groups excluding carboxylic acids is 5. The number of amides is 3. The molecule has 0 aliphatic heterocycles. The minimum atomic E-state index is -1.17. The normalized spacial score (nSPS) is 13.8. The Morgan fingerprint density at radius 2 is 1.19 bits per heavy atom. The second kappa shape index (κ2) is 19.2. The molecule has 12 nitrogen and oxygen atoms in total. The lowest BCUT2D eigenvalue weighted by Crippen LogP contribution is -2.53. The van der Waals surface area contributed by atoms with Crippen molar-refractivity contribution in [2.45, 2.75) is 149 Å². The van der Waals surface area contributed by atoms with Crippen LogP contribution in [0.2, 0.25) is 0 Å². The predicted octanol–water partition coefficient (Wildman–Crippen LogP) is 4.46. The predicted molar refractivity (Wildman–Crippen MR) is 180 cm³/mol. The lowest BCUT2D eigenvalue weighted by atomic mass is 10.0. The molecule has 0 bridgehead atoms. The standard InChI is InChI=1S/C35H58N4O8/c1-33(2,3)45-28(40)22-21-27(31(43)47-35(7,8)9)39-32(44)38-26(30(42)46-34(4,5)6)20-13-14-23-37-29(41)25(36)19-15-18-24-16-11-10-12-17-24/h10-12,16-17,25-27H,13-15,18-23,36H2,1-9H3,(H,37,41)(H2,38,39,44)/t25-,26-,27-/m0/s1. The molecule has 0 unspecified atom stereocenters. The lowest BCUT2D eigenvalue weighted by Gasteiger charge is -2.27. The maximum Gasteiger partial charge on any atom is 0.329 e. The van der Waals surface area contributed by atoms with Crippen molar-refractivity contribution in [3.8, 4) is 0 Å². The van der Waals surface area contributed by atoms with Gasteiger partial charge in [0.25, 0.3) is 0 Å². The van der Waals surface area contributed by atoms with E-state index in [1.807, 2.05) is 30.3 Å². The van der Waals surface area contributed by atoms with Gasteiger partial charge in [0, 0.05) is 13.0 Å². The van der Waals surface area contributed by atoms with Crippen LogP contribution in [0.25, 0.3) is 0 Å². The summed E-state index contributed by atoms with van der Waals surface area (Å²) in [6.45, 7) is 15.8. The Bertz CT molecular complexity index is 1150. The summed E-state index contributed by atoms with van der Waals surface area (Å²) in [4.78, 5) is 63.8. The van der Waals surface area contributed by atoms with Crippen LogP contribution in [0.5, 0.6) is 0 Å². The molecule has 1 aromatic carbocycles. The van der Waals surface area contributed by atoms with Gasteiger partial charge in [-0.3, -0.25) is 9.59 Å². The van der Waals surface area contributed by atoms with Gasteiger partial charge >= 0.3 is 23.9 Å². The van der Waals surface area contributed by atoms with Crippen LogP contribution in [0.1, 0.15) is 113 Å². The Kier molecular flexibility index (Phi) is 16.9. The van der Waals surface area contributed by atoms with Crippen LogP contribution < -0.4 is 21.7 Å². The molecule has 0 radical (unpaired) electrons. The number of aryl methyl sites for hydroxylation is 1. The molecular formula is C35H58N4O8. The average Bonchev–Trinajstić information content (AvgIpc) is 2.91. The topological polar surface area (TPSA) is 175 Å². The number of hydrogen-bond donors (Lipinski definition) is 4. The molecule has 0 aromatic heterocycles. The Morgan fingerprint density at radius 3 is 1.70 bits per heavy atom. The second-order valence-corrected chi connectivity index (χ2v) is 14.7. The summed E-state index contributed by atoms with van der Waals surface area (Å²) in [6.07, 6.45) is 3.21. The lowest BCUT2D eigenvalue weighted by molar-refractivity contribution is -0.159. The average molecular weight is 663 g/mol. The van der Waals surface area contributed by atoms with E-state index in [0.717, 1.165) is 12.8 Å². The molecule has 47 heavy (non-hydrogen) atoms. The van der Waals surface area contributed by atoms with E-state index in [1.54, 1.807) is 62.3 Å². The van der Waals surface area contributed by atoms with Crippen LogP contribution in [-0.2, 0) is 39.8 Å². The quantitative estimate of drug-likeness (QED) is 0.107. The van der Waals surface area contributed by atoms with Gasteiger partial charge in [0.15, 0.2) is 0 Å². The van der Waals surface area contributed by atoms with Crippen LogP contribution in [0.4, 0.5) is 4.79 Å². The number of rotatable bonds is 17. The van der Waals surface area contributed by atoms with Gasteiger partial charge in [-0.2, -0.15) is 0 Å². The highest BCUT2D eigenvalue weighted by molar-refractivity contribution is 5.87. The molecule has 3 atom stereocenters. The Hall–Kier alpha value is -3.67. The first kappa shape index (κ1) is 41.4. The molecule has 0 heterocycles. The molecule has 3 amide bonds. The van der Waals surface area contributed by atoms with Gasteiger partial charge in [-0.1, -0.05) is 30.3 Å². The van der Waals surface area contributed by atoms with Crippen molar-refractivity contribution >= 4 is 29.8 Å². The summed E-state index contributed by atoms with van der Waals surface area (Å²) in [5, 5.41) is 8.00. The summed E-state index contributed by atoms with van der Waals surface area (Å²) in [5.74, 6) is -2.13. The molecule has 5 N–H and O–H groups in total. The Morgan fingerprint density at radius 1 is 0.681 bits per heavy atom. The number of nitrogens with two attached hydrogens (primary N) is 1. The van der Waals surface area contributed by atoms with E-state index in [-0.39, 0.29) is 25.2 Å². The van der Waals surface area contributed by atoms with Crippen molar-refractivity contribution in [2.75, 3.05) is 6.54 Å².